The molecule has 110 valence electrons. The van der Waals surface area contributed by atoms with Crippen molar-refractivity contribution in [3.8, 4) is 17.2 Å². The van der Waals surface area contributed by atoms with Crippen LogP contribution in [-0.2, 0) is 11.2 Å². The highest BCUT2D eigenvalue weighted by Crippen LogP contribution is 2.31. The second kappa shape index (κ2) is 5.82. The van der Waals surface area contributed by atoms with Gasteiger partial charge < -0.3 is 14.6 Å². The summed E-state index contributed by atoms with van der Waals surface area (Å²) in [6, 6.07) is 5.55. The third kappa shape index (κ3) is 3.13. The lowest BCUT2D eigenvalue weighted by molar-refractivity contribution is -0.136. The highest BCUT2D eigenvalue weighted by Gasteiger charge is 2.12. The summed E-state index contributed by atoms with van der Waals surface area (Å²) >= 11 is 0. The summed E-state index contributed by atoms with van der Waals surface area (Å²) in [5.41, 5.74) is 1.44. The fourth-order valence-corrected chi connectivity index (χ4v) is 2.07. The van der Waals surface area contributed by atoms with Crippen LogP contribution < -0.4 is 9.47 Å². The molecule has 0 radical (unpaired) electrons. The van der Waals surface area contributed by atoms with Gasteiger partial charge in [-0.25, -0.2) is 4.68 Å². The maximum Gasteiger partial charge on any atom is 0.303 e. The maximum absolute atomic E-state index is 10.6. The smallest absolute Gasteiger partial charge is 0.303 e. The van der Waals surface area contributed by atoms with Crippen molar-refractivity contribution in [2.24, 2.45) is 0 Å². The zero-order valence-corrected chi connectivity index (χ0v) is 11.4. The van der Waals surface area contributed by atoms with Gasteiger partial charge in [-0.3, -0.25) is 4.79 Å². The van der Waals surface area contributed by atoms with Crippen LogP contribution in [0.4, 0.5) is 0 Å². The van der Waals surface area contributed by atoms with Crippen LogP contribution in [0.15, 0.2) is 24.4 Å². The highest BCUT2D eigenvalue weighted by atomic mass is 16.5. The van der Waals surface area contributed by atoms with Gasteiger partial charge >= 0.3 is 5.97 Å². The van der Waals surface area contributed by atoms with Crippen LogP contribution in [0.25, 0.3) is 5.69 Å². The number of carboxylic acids is 1. The van der Waals surface area contributed by atoms with Crippen LogP contribution in [-0.4, -0.2) is 39.3 Å². The standard InChI is InChI=1S/C14H15N3O4/c18-14(19)5-2-10-9-17(16-15-10)11-3-4-12-13(8-11)21-7-1-6-20-12/h3-4,8-9H,1-2,5-7H2,(H,18,19). The number of carbonyl (C=O) groups is 1. The number of hydrogen-bond acceptors (Lipinski definition) is 5. The van der Waals surface area contributed by atoms with Crippen molar-refractivity contribution in [1.29, 1.82) is 0 Å². The van der Waals surface area contributed by atoms with Gasteiger partial charge in [0.15, 0.2) is 11.5 Å². The first-order valence-electron chi connectivity index (χ1n) is 6.75. The Balaban J connectivity index is 1.80. The molecule has 1 N–H and O–H groups in total. The summed E-state index contributed by atoms with van der Waals surface area (Å²) in [6.07, 6.45) is 2.98. The number of aromatic nitrogens is 3. The third-order valence-corrected chi connectivity index (χ3v) is 3.13. The molecule has 0 saturated heterocycles. The number of rotatable bonds is 4. The molecule has 0 aliphatic carbocycles. The number of carboxylic acid groups (broad SMARTS) is 1. The number of aryl methyl sites for hydroxylation is 1. The Bertz CT molecular complexity index is 653. The molecule has 1 aliphatic rings. The van der Waals surface area contributed by atoms with Gasteiger partial charge in [0, 0.05) is 18.9 Å². The van der Waals surface area contributed by atoms with Crippen molar-refractivity contribution in [2.75, 3.05) is 13.2 Å². The van der Waals surface area contributed by atoms with E-state index >= 15 is 0 Å². The first-order chi connectivity index (χ1) is 10.2. The molecule has 7 nitrogen and oxygen atoms in total. The molecular weight excluding hydrogens is 274 g/mol. The Hall–Kier alpha value is -2.57. The minimum absolute atomic E-state index is 0.0415. The van der Waals surface area contributed by atoms with Crippen LogP contribution in [0.1, 0.15) is 18.5 Å². The summed E-state index contributed by atoms with van der Waals surface area (Å²) in [6.45, 7) is 1.27. The Kier molecular flexibility index (Phi) is 3.72. The first kappa shape index (κ1) is 13.4. The van der Waals surface area contributed by atoms with E-state index in [1.807, 2.05) is 18.2 Å². The second-order valence-electron chi connectivity index (χ2n) is 4.73. The third-order valence-electron chi connectivity index (χ3n) is 3.13. The van der Waals surface area contributed by atoms with E-state index in [1.165, 1.54) is 0 Å². The summed E-state index contributed by atoms with van der Waals surface area (Å²) in [4.78, 5) is 10.6. The number of aliphatic carboxylic acids is 1. The predicted molar refractivity (Wildman–Crippen MR) is 72.9 cm³/mol. The summed E-state index contributed by atoms with van der Waals surface area (Å²) < 4.78 is 12.8. The molecule has 3 rings (SSSR count). The maximum atomic E-state index is 10.6. The zero-order valence-electron chi connectivity index (χ0n) is 11.4. The van der Waals surface area contributed by atoms with Crippen molar-refractivity contribution in [3.05, 3.63) is 30.1 Å². The van der Waals surface area contributed by atoms with E-state index in [4.69, 9.17) is 14.6 Å². The van der Waals surface area contributed by atoms with E-state index in [-0.39, 0.29) is 6.42 Å². The summed E-state index contributed by atoms with van der Waals surface area (Å²) in [5, 5.41) is 16.7. The number of hydrogen-bond donors (Lipinski definition) is 1. The number of fused-ring (bicyclic) bond motifs is 1. The molecule has 0 spiro atoms. The Morgan fingerprint density at radius 2 is 2.10 bits per heavy atom. The van der Waals surface area contributed by atoms with E-state index < -0.39 is 5.97 Å². The predicted octanol–water partition coefficient (Wildman–Crippen LogP) is 1.45. The van der Waals surface area contributed by atoms with Gasteiger partial charge in [0.2, 0.25) is 0 Å². The molecular formula is C14H15N3O4. The monoisotopic (exact) mass is 289 g/mol. The van der Waals surface area contributed by atoms with E-state index in [9.17, 15) is 4.79 Å². The van der Waals surface area contributed by atoms with E-state index in [1.54, 1.807) is 10.9 Å². The van der Waals surface area contributed by atoms with E-state index in [0.29, 0.717) is 31.1 Å². The molecule has 7 heteroatoms. The zero-order chi connectivity index (χ0) is 14.7. The highest BCUT2D eigenvalue weighted by molar-refractivity contribution is 5.66. The van der Waals surface area contributed by atoms with Gasteiger partial charge in [-0.1, -0.05) is 5.21 Å². The lowest BCUT2D eigenvalue weighted by atomic mass is 10.2. The molecule has 0 fully saturated rings. The quantitative estimate of drug-likeness (QED) is 0.916. The van der Waals surface area contributed by atoms with E-state index in [0.717, 1.165) is 17.9 Å². The van der Waals surface area contributed by atoms with Gasteiger partial charge in [-0.05, 0) is 12.1 Å². The van der Waals surface area contributed by atoms with E-state index in [2.05, 4.69) is 10.3 Å². The fourth-order valence-electron chi connectivity index (χ4n) is 2.07. The van der Waals surface area contributed by atoms with Crippen molar-refractivity contribution < 1.29 is 19.4 Å². The molecule has 2 heterocycles. The average Bonchev–Trinajstić information content (AvgIpc) is 2.82. The Labute approximate surface area is 121 Å². The van der Waals surface area contributed by atoms with Crippen molar-refractivity contribution in [1.82, 2.24) is 15.0 Å². The second-order valence-corrected chi connectivity index (χ2v) is 4.73. The lowest BCUT2D eigenvalue weighted by Gasteiger charge is -2.08. The normalized spacial score (nSPS) is 13.7. The largest absolute Gasteiger partial charge is 0.490 e. The summed E-state index contributed by atoms with van der Waals surface area (Å²) in [7, 11) is 0. The fraction of sp³-hybridized carbons (Fsp3) is 0.357. The van der Waals surface area contributed by atoms with Gasteiger partial charge in [0.05, 0.1) is 37.2 Å². The Morgan fingerprint density at radius 1 is 1.29 bits per heavy atom. The Morgan fingerprint density at radius 3 is 2.90 bits per heavy atom. The van der Waals surface area contributed by atoms with Gasteiger partial charge in [0.25, 0.3) is 0 Å². The average molecular weight is 289 g/mol. The van der Waals surface area contributed by atoms with Gasteiger partial charge in [0.1, 0.15) is 0 Å². The molecule has 0 amide bonds. The van der Waals surface area contributed by atoms with Crippen LogP contribution in [0, 0.1) is 0 Å². The molecule has 0 atom stereocenters. The molecule has 21 heavy (non-hydrogen) atoms. The van der Waals surface area contributed by atoms with Crippen molar-refractivity contribution in [3.63, 3.8) is 0 Å². The SMILES string of the molecule is O=C(O)CCc1cn(-c2ccc3c(c2)OCCCO3)nn1. The lowest BCUT2D eigenvalue weighted by Crippen LogP contribution is -1.98. The summed E-state index contributed by atoms with van der Waals surface area (Å²) in [5.74, 6) is 0.565. The van der Waals surface area contributed by atoms with Crippen molar-refractivity contribution >= 4 is 5.97 Å². The van der Waals surface area contributed by atoms with Crippen LogP contribution >= 0.6 is 0 Å². The number of nitrogens with zero attached hydrogens (tertiary/aromatic N) is 3. The van der Waals surface area contributed by atoms with Crippen LogP contribution in [0.5, 0.6) is 11.5 Å². The van der Waals surface area contributed by atoms with Crippen molar-refractivity contribution in [2.45, 2.75) is 19.3 Å². The molecule has 0 bridgehead atoms. The van der Waals surface area contributed by atoms with Crippen LogP contribution in [0.3, 0.4) is 0 Å². The molecule has 1 aliphatic heterocycles. The number of benzene rings is 1. The van der Waals surface area contributed by atoms with Crippen LogP contribution in [0.2, 0.25) is 0 Å². The first-order valence-corrected chi connectivity index (χ1v) is 6.75. The minimum Gasteiger partial charge on any atom is -0.490 e. The van der Waals surface area contributed by atoms with Gasteiger partial charge in [-0.15, -0.1) is 5.10 Å². The molecule has 0 unspecified atom stereocenters. The molecule has 2 aromatic rings. The molecule has 0 saturated carbocycles. The topological polar surface area (TPSA) is 86.5 Å². The molecule has 1 aromatic carbocycles. The molecule has 1 aromatic heterocycles. The minimum atomic E-state index is -0.847. The van der Waals surface area contributed by atoms with Gasteiger partial charge in [-0.2, -0.15) is 0 Å². The number of ether oxygens (including phenoxy) is 2.